The van der Waals surface area contributed by atoms with E-state index in [-0.39, 0.29) is 4.90 Å². The fourth-order valence-electron chi connectivity index (χ4n) is 1.38. The van der Waals surface area contributed by atoms with E-state index >= 15 is 0 Å². The molecular formula is C10H6ClFO2S. The molecule has 0 saturated carbocycles. The van der Waals surface area contributed by atoms with Gasteiger partial charge in [0.2, 0.25) is 0 Å². The summed E-state index contributed by atoms with van der Waals surface area (Å²) in [4.78, 5) is -0.222. The van der Waals surface area contributed by atoms with E-state index < -0.39 is 14.9 Å². The van der Waals surface area contributed by atoms with Crippen LogP contribution < -0.4 is 0 Å². The van der Waals surface area contributed by atoms with Crippen molar-refractivity contribution in [1.29, 1.82) is 0 Å². The molecule has 0 aliphatic heterocycles. The molecule has 0 bridgehead atoms. The highest BCUT2D eigenvalue weighted by molar-refractivity contribution is 8.13. The highest BCUT2D eigenvalue weighted by Crippen LogP contribution is 2.24. The number of benzene rings is 2. The summed E-state index contributed by atoms with van der Waals surface area (Å²) in [7, 11) is 1.25. The summed E-state index contributed by atoms with van der Waals surface area (Å²) >= 11 is 0. The first-order valence-corrected chi connectivity index (χ1v) is 6.42. The van der Waals surface area contributed by atoms with E-state index in [9.17, 15) is 12.8 Å². The lowest BCUT2D eigenvalue weighted by Gasteiger charge is -2.01. The van der Waals surface area contributed by atoms with Crippen molar-refractivity contribution >= 4 is 30.5 Å². The van der Waals surface area contributed by atoms with Gasteiger partial charge >= 0.3 is 0 Å². The van der Waals surface area contributed by atoms with Crippen LogP contribution in [0.15, 0.2) is 41.3 Å². The van der Waals surface area contributed by atoms with Gasteiger partial charge in [0.25, 0.3) is 9.05 Å². The van der Waals surface area contributed by atoms with Crippen LogP contribution in [0, 0.1) is 5.82 Å². The number of hydrogen-bond acceptors (Lipinski definition) is 2. The molecule has 0 unspecified atom stereocenters. The van der Waals surface area contributed by atoms with E-state index in [0.29, 0.717) is 10.8 Å². The number of rotatable bonds is 1. The molecule has 0 aliphatic rings. The van der Waals surface area contributed by atoms with E-state index in [4.69, 9.17) is 10.7 Å². The van der Waals surface area contributed by atoms with E-state index in [1.165, 1.54) is 6.07 Å². The minimum Gasteiger partial charge on any atom is -0.207 e. The number of halogens is 2. The smallest absolute Gasteiger partial charge is 0.207 e. The molecule has 0 spiro atoms. The van der Waals surface area contributed by atoms with Crippen molar-refractivity contribution in [2.75, 3.05) is 0 Å². The Labute approximate surface area is 90.7 Å². The van der Waals surface area contributed by atoms with Crippen LogP contribution in [-0.4, -0.2) is 8.42 Å². The van der Waals surface area contributed by atoms with Crippen molar-refractivity contribution in [3.8, 4) is 0 Å². The second kappa shape index (κ2) is 3.47. The highest BCUT2D eigenvalue weighted by atomic mass is 35.7. The molecule has 0 aromatic heterocycles. The van der Waals surface area contributed by atoms with Crippen LogP contribution >= 0.6 is 10.7 Å². The Morgan fingerprint density at radius 2 is 1.80 bits per heavy atom. The first kappa shape index (κ1) is 10.4. The lowest BCUT2D eigenvalue weighted by atomic mass is 10.1. The molecule has 0 saturated heterocycles. The van der Waals surface area contributed by atoms with E-state index in [0.717, 1.165) is 6.07 Å². The summed E-state index contributed by atoms with van der Waals surface area (Å²) in [5.74, 6) is -0.590. The average Bonchev–Trinajstić information content (AvgIpc) is 2.16. The predicted molar refractivity (Wildman–Crippen MR) is 56.9 cm³/mol. The van der Waals surface area contributed by atoms with Crippen LogP contribution in [0.25, 0.3) is 10.8 Å². The summed E-state index contributed by atoms with van der Waals surface area (Å²) in [5, 5.41) is 0.887. The largest absolute Gasteiger partial charge is 0.261 e. The van der Waals surface area contributed by atoms with Crippen LogP contribution in [0.1, 0.15) is 0 Å². The zero-order valence-electron chi connectivity index (χ0n) is 7.44. The maximum absolute atomic E-state index is 13.5. The molecule has 2 rings (SSSR count). The Balaban J connectivity index is 2.85. The van der Waals surface area contributed by atoms with Gasteiger partial charge in [-0.1, -0.05) is 24.3 Å². The summed E-state index contributed by atoms with van der Waals surface area (Å²) in [6, 6.07) is 8.86. The summed E-state index contributed by atoms with van der Waals surface area (Å²) in [6.07, 6.45) is 0. The third-order valence-electron chi connectivity index (χ3n) is 2.07. The zero-order chi connectivity index (χ0) is 11.1. The molecule has 0 N–H and O–H groups in total. The molecule has 0 atom stereocenters. The third kappa shape index (κ3) is 1.96. The maximum Gasteiger partial charge on any atom is 0.261 e. The minimum absolute atomic E-state index is 0.222. The van der Waals surface area contributed by atoms with Gasteiger partial charge in [-0.3, -0.25) is 0 Å². The Kier molecular flexibility index (Phi) is 2.40. The minimum atomic E-state index is -3.88. The molecule has 2 aromatic rings. The van der Waals surface area contributed by atoms with Crippen molar-refractivity contribution in [3.05, 3.63) is 42.2 Å². The molecule has 0 fully saturated rings. The first-order chi connectivity index (χ1) is 6.98. The number of hydrogen-bond donors (Lipinski definition) is 0. The maximum atomic E-state index is 13.5. The fourth-order valence-corrected chi connectivity index (χ4v) is 2.16. The highest BCUT2D eigenvalue weighted by Gasteiger charge is 2.13. The van der Waals surface area contributed by atoms with Crippen molar-refractivity contribution in [1.82, 2.24) is 0 Å². The molecular weight excluding hydrogens is 239 g/mol. The number of fused-ring (bicyclic) bond motifs is 1. The van der Waals surface area contributed by atoms with Crippen LogP contribution in [0.2, 0.25) is 0 Å². The Morgan fingerprint density at radius 3 is 2.47 bits per heavy atom. The van der Waals surface area contributed by atoms with E-state index in [2.05, 4.69) is 0 Å². The molecule has 0 heterocycles. The molecule has 78 valence electrons. The van der Waals surface area contributed by atoms with Crippen molar-refractivity contribution in [2.45, 2.75) is 4.90 Å². The van der Waals surface area contributed by atoms with Gasteiger partial charge < -0.3 is 0 Å². The van der Waals surface area contributed by atoms with Gasteiger partial charge in [0, 0.05) is 16.1 Å². The van der Waals surface area contributed by atoms with Crippen LogP contribution in [0.4, 0.5) is 4.39 Å². The van der Waals surface area contributed by atoms with Gasteiger partial charge in [0.15, 0.2) is 0 Å². The standard InChI is InChI=1S/C10H6ClFO2S/c11-15(13,14)8-5-7-3-1-2-4-9(7)10(12)6-8/h1-6H. The zero-order valence-corrected chi connectivity index (χ0v) is 9.02. The average molecular weight is 245 g/mol. The lowest BCUT2D eigenvalue weighted by molar-refractivity contribution is 0.605. The van der Waals surface area contributed by atoms with Crippen LogP contribution in [0.3, 0.4) is 0 Å². The summed E-state index contributed by atoms with van der Waals surface area (Å²) < 4.78 is 35.5. The molecule has 0 amide bonds. The molecule has 0 radical (unpaired) electrons. The quantitative estimate of drug-likeness (QED) is 0.723. The summed E-state index contributed by atoms with van der Waals surface area (Å²) in [5.41, 5.74) is 0. The molecule has 2 nitrogen and oxygen atoms in total. The monoisotopic (exact) mass is 244 g/mol. The molecule has 0 aliphatic carbocycles. The van der Waals surface area contributed by atoms with Crippen molar-refractivity contribution in [2.24, 2.45) is 0 Å². The van der Waals surface area contributed by atoms with Gasteiger partial charge in [-0.2, -0.15) is 0 Å². The van der Waals surface area contributed by atoms with Crippen LogP contribution in [-0.2, 0) is 9.05 Å². The van der Waals surface area contributed by atoms with Gasteiger partial charge in [-0.25, -0.2) is 12.8 Å². The van der Waals surface area contributed by atoms with Crippen molar-refractivity contribution < 1.29 is 12.8 Å². The predicted octanol–water partition coefficient (Wildman–Crippen LogP) is 2.91. The SMILES string of the molecule is O=S(=O)(Cl)c1cc(F)c2ccccc2c1. The fraction of sp³-hybridized carbons (Fsp3) is 0. The second-order valence-corrected chi connectivity index (χ2v) is 5.63. The Hall–Kier alpha value is -1.13. The lowest BCUT2D eigenvalue weighted by Crippen LogP contribution is -1.92. The van der Waals surface area contributed by atoms with Gasteiger partial charge in [-0.05, 0) is 17.5 Å². The third-order valence-corrected chi connectivity index (χ3v) is 3.40. The van der Waals surface area contributed by atoms with E-state index in [1.807, 2.05) is 0 Å². The van der Waals surface area contributed by atoms with Gasteiger partial charge in [0.1, 0.15) is 5.82 Å². The molecule has 2 aromatic carbocycles. The Morgan fingerprint density at radius 1 is 1.13 bits per heavy atom. The van der Waals surface area contributed by atoms with E-state index in [1.54, 1.807) is 24.3 Å². The Bertz CT molecular complexity index is 622. The normalized spacial score (nSPS) is 11.9. The van der Waals surface area contributed by atoms with Gasteiger partial charge in [-0.15, -0.1) is 0 Å². The first-order valence-electron chi connectivity index (χ1n) is 4.11. The van der Waals surface area contributed by atoms with Crippen LogP contribution in [0.5, 0.6) is 0 Å². The summed E-state index contributed by atoms with van der Waals surface area (Å²) in [6.45, 7) is 0. The molecule has 15 heavy (non-hydrogen) atoms. The van der Waals surface area contributed by atoms with Crippen molar-refractivity contribution in [3.63, 3.8) is 0 Å². The second-order valence-electron chi connectivity index (χ2n) is 3.06. The topological polar surface area (TPSA) is 34.1 Å². The van der Waals surface area contributed by atoms with Gasteiger partial charge in [0.05, 0.1) is 4.90 Å². The molecule has 5 heteroatoms.